The highest BCUT2D eigenvalue weighted by molar-refractivity contribution is 6.08. The molecule has 1 aliphatic heterocycles. The highest BCUT2D eigenvalue weighted by atomic mass is 19.4. The van der Waals surface area contributed by atoms with Crippen LogP contribution in [0.1, 0.15) is 37.9 Å². The minimum atomic E-state index is -4.61. The summed E-state index contributed by atoms with van der Waals surface area (Å²) in [5.41, 5.74) is -0.972. The molecule has 0 bridgehead atoms. The number of alkyl halides is 3. The van der Waals surface area contributed by atoms with Crippen molar-refractivity contribution in [3.05, 3.63) is 35.4 Å². The highest BCUT2D eigenvalue weighted by Gasteiger charge is 2.43. The number of esters is 1. The van der Waals surface area contributed by atoms with Crippen LogP contribution in [-0.4, -0.2) is 24.3 Å². The van der Waals surface area contributed by atoms with Crippen molar-refractivity contribution >= 4 is 17.7 Å². The molecule has 5 nitrogen and oxygen atoms in total. The van der Waals surface area contributed by atoms with Crippen molar-refractivity contribution in [1.29, 1.82) is 0 Å². The van der Waals surface area contributed by atoms with Crippen molar-refractivity contribution in [2.75, 3.05) is 6.61 Å². The Morgan fingerprint density at radius 2 is 1.96 bits per heavy atom. The quantitative estimate of drug-likeness (QED) is 0.836. The molecule has 25 heavy (non-hydrogen) atoms. The standard InChI is InChI=1S/C17H19F3N2O3/c1-9(2)8-25-15(23)13-10(3)21-16(24)22-14(13)11-6-4-5-7-12(11)17(18,19)20/h4-7,9,13-14H,8H2,1-3H3,(H,22,24). The summed E-state index contributed by atoms with van der Waals surface area (Å²) in [4.78, 5) is 27.8. The van der Waals surface area contributed by atoms with E-state index in [0.29, 0.717) is 0 Å². The van der Waals surface area contributed by atoms with Crippen LogP contribution in [0.5, 0.6) is 0 Å². The van der Waals surface area contributed by atoms with Gasteiger partial charge in [-0.15, -0.1) is 0 Å². The van der Waals surface area contributed by atoms with Crippen molar-refractivity contribution in [1.82, 2.24) is 5.32 Å². The summed E-state index contributed by atoms with van der Waals surface area (Å²) >= 11 is 0. The number of amides is 2. The Bertz CT molecular complexity index is 699. The number of hydrogen-bond donors (Lipinski definition) is 1. The van der Waals surface area contributed by atoms with Gasteiger partial charge in [-0.25, -0.2) is 9.79 Å². The first-order valence-electron chi connectivity index (χ1n) is 7.79. The van der Waals surface area contributed by atoms with Crippen LogP contribution < -0.4 is 5.32 Å². The van der Waals surface area contributed by atoms with Crippen LogP contribution >= 0.6 is 0 Å². The molecule has 1 aromatic carbocycles. The van der Waals surface area contributed by atoms with E-state index >= 15 is 0 Å². The molecule has 8 heteroatoms. The van der Waals surface area contributed by atoms with E-state index in [9.17, 15) is 22.8 Å². The summed E-state index contributed by atoms with van der Waals surface area (Å²) in [7, 11) is 0. The maximum atomic E-state index is 13.3. The lowest BCUT2D eigenvalue weighted by Crippen LogP contribution is -2.45. The van der Waals surface area contributed by atoms with Gasteiger partial charge in [0.1, 0.15) is 5.92 Å². The molecular formula is C17H19F3N2O3. The lowest BCUT2D eigenvalue weighted by atomic mass is 9.86. The van der Waals surface area contributed by atoms with Crippen LogP contribution in [0.15, 0.2) is 29.3 Å². The van der Waals surface area contributed by atoms with Gasteiger partial charge in [-0.05, 0) is 24.5 Å². The molecule has 2 amide bonds. The van der Waals surface area contributed by atoms with Crippen LogP contribution in [0, 0.1) is 11.8 Å². The predicted octanol–water partition coefficient (Wildman–Crippen LogP) is 3.75. The largest absolute Gasteiger partial charge is 0.465 e. The van der Waals surface area contributed by atoms with Crippen molar-refractivity contribution in [2.24, 2.45) is 16.8 Å². The summed E-state index contributed by atoms with van der Waals surface area (Å²) in [5.74, 6) is -1.75. The second-order valence-electron chi connectivity index (χ2n) is 6.27. The van der Waals surface area contributed by atoms with E-state index in [1.54, 1.807) is 0 Å². The van der Waals surface area contributed by atoms with E-state index < -0.39 is 35.7 Å². The van der Waals surface area contributed by atoms with E-state index in [4.69, 9.17) is 4.74 Å². The normalized spacial score (nSPS) is 20.9. The van der Waals surface area contributed by atoms with E-state index in [1.807, 2.05) is 13.8 Å². The smallest absolute Gasteiger partial charge is 0.416 e. The lowest BCUT2D eigenvalue weighted by Gasteiger charge is -2.31. The van der Waals surface area contributed by atoms with Crippen LogP contribution in [-0.2, 0) is 15.7 Å². The second-order valence-corrected chi connectivity index (χ2v) is 6.27. The van der Waals surface area contributed by atoms with Gasteiger partial charge in [0.25, 0.3) is 0 Å². The minimum Gasteiger partial charge on any atom is -0.465 e. The Hall–Kier alpha value is -2.38. The molecule has 2 rings (SSSR count). The number of nitrogens with zero attached hydrogens (tertiary/aromatic N) is 1. The van der Waals surface area contributed by atoms with Crippen LogP contribution in [0.2, 0.25) is 0 Å². The molecule has 0 aromatic heterocycles. The van der Waals surface area contributed by atoms with Crippen molar-refractivity contribution in [2.45, 2.75) is 33.0 Å². The summed E-state index contributed by atoms with van der Waals surface area (Å²) in [6.07, 6.45) is -4.61. The summed E-state index contributed by atoms with van der Waals surface area (Å²) < 4.78 is 45.1. The molecule has 0 saturated heterocycles. The molecule has 1 N–H and O–H groups in total. The third-order valence-electron chi connectivity index (χ3n) is 3.75. The summed E-state index contributed by atoms with van der Waals surface area (Å²) in [6, 6.07) is 2.86. The first-order valence-corrected chi connectivity index (χ1v) is 7.79. The topological polar surface area (TPSA) is 67.8 Å². The molecule has 2 unspecified atom stereocenters. The summed E-state index contributed by atoms with van der Waals surface area (Å²) in [5, 5.41) is 2.37. The van der Waals surface area contributed by atoms with Crippen LogP contribution in [0.3, 0.4) is 0 Å². The molecule has 0 radical (unpaired) electrons. The fraction of sp³-hybridized carbons (Fsp3) is 0.471. The van der Waals surface area contributed by atoms with Gasteiger partial charge in [-0.2, -0.15) is 13.2 Å². The number of aliphatic imine (C=N–C) groups is 1. The number of carbonyl (C=O) groups excluding carboxylic acids is 2. The van der Waals surface area contributed by atoms with E-state index in [2.05, 4.69) is 10.3 Å². The number of ether oxygens (including phenoxy) is 1. The first kappa shape index (κ1) is 19.0. The maximum absolute atomic E-state index is 13.3. The lowest BCUT2D eigenvalue weighted by molar-refractivity contribution is -0.149. The molecule has 1 aliphatic rings. The molecule has 1 aromatic rings. The second kappa shape index (κ2) is 7.25. The number of urea groups is 1. The molecule has 2 atom stereocenters. The molecule has 1 heterocycles. The van der Waals surface area contributed by atoms with Crippen molar-refractivity contribution in [3.63, 3.8) is 0 Å². The molecule has 136 valence electrons. The van der Waals surface area contributed by atoms with Crippen molar-refractivity contribution < 1.29 is 27.5 Å². The Labute approximate surface area is 143 Å². The molecule has 0 spiro atoms. The number of benzene rings is 1. The SMILES string of the molecule is CC1=NC(=O)NC(c2ccccc2C(F)(F)F)C1C(=O)OCC(C)C. The average molecular weight is 356 g/mol. The average Bonchev–Trinajstić information content (AvgIpc) is 2.51. The number of rotatable bonds is 4. The number of halogens is 3. The Balaban J connectivity index is 2.45. The third-order valence-corrected chi connectivity index (χ3v) is 3.75. The maximum Gasteiger partial charge on any atom is 0.416 e. The molecule has 0 aliphatic carbocycles. The van der Waals surface area contributed by atoms with Crippen LogP contribution in [0.25, 0.3) is 0 Å². The third kappa shape index (κ3) is 4.37. The Morgan fingerprint density at radius 3 is 2.56 bits per heavy atom. The molecule has 0 fully saturated rings. The molecule has 0 saturated carbocycles. The Kier molecular flexibility index (Phi) is 5.49. The van der Waals surface area contributed by atoms with E-state index in [1.165, 1.54) is 25.1 Å². The van der Waals surface area contributed by atoms with E-state index in [-0.39, 0.29) is 23.8 Å². The van der Waals surface area contributed by atoms with Gasteiger partial charge in [-0.1, -0.05) is 32.0 Å². The van der Waals surface area contributed by atoms with Gasteiger partial charge in [0.05, 0.1) is 18.2 Å². The van der Waals surface area contributed by atoms with Gasteiger partial charge < -0.3 is 10.1 Å². The van der Waals surface area contributed by atoms with Gasteiger partial charge in [-0.3, -0.25) is 4.79 Å². The minimum absolute atomic E-state index is 0.0697. The van der Waals surface area contributed by atoms with Crippen molar-refractivity contribution in [3.8, 4) is 0 Å². The van der Waals surface area contributed by atoms with Gasteiger partial charge in [0.15, 0.2) is 0 Å². The number of nitrogens with one attached hydrogen (secondary N) is 1. The van der Waals surface area contributed by atoms with Crippen LogP contribution in [0.4, 0.5) is 18.0 Å². The van der Waals surface area contributed by atoms with Gasteiger partial charge in [0, 0.05) is 5.71 Å². The number of hydrogen-bond acceptors (Lipinski definition) is 3. The van der Waals surface area contributed by atoms with Gasteiger partial charge >= 0.3 is 18.2 Å². The zero-order valence-corrected chi connectivity index (χ0v) is 14.1. The highest BCUT2D eigenvalue weighted by Crippen LogP contribution is 2.38. The predicted molar refractivity (Wildman–Crippen MR) is 85.1 cm³/mol. The van der Waals surface area contributed by atoms with E-state index in [0.717, 1.165) is 6.07 Å². The zero-order valence-electron chi connectivity index (χ0n) is 14.1. The fourth-order valence-electron chi connectivity index (χ4n) is 2.65. The summed E-state index contributed by atoms with van der Waals surface area (Å²) in [6.45, 7) is 5.24. The monoisotopic (exact) mass is 356 g/mol. The number of carbonyl (C=O) groups is 2. The Morgan fingerprint density at radius 1 is 1.32 bits per heavy atom. The fourth-order valence-corrected chi connectivity index (χ4v) is 2.65. The van der Waals surface area contributed by atoms with Gasteiger partial charge in [0.2, 0.25) is 0 Å². The molecular weight excluding hydrogens is 337 g/mol. The first-order chi connectivity index (χ1) is 11.6. The zero-order chi connectivity index (χ0) is 18.8.